The summed E-state index contributed by atoms with van der Waals surface area (Å²) in [6.45, 7) is 6.79. The molecule has 0 aliphatic heterocycles. The third-order valence-corrected chi connectivity index (χ3v) is 3.25. The van der Waals surface area contributed by atoms with Crippen molar-refractivity contribution in [3.05, 3.63) is 28.3 Å². The fraction of sp³-hybridized carbons (Fsp3) is 0.533. The molecule has 0 saturated carbocycles. The summed E-state index contributed by atoms with van der Waals surface area (Å²) in [4.78, 5) is 11.5. The predicted octanol–water partition coefficient (Wildman–Crippen LogP) is 2.15. The Bertz CT molecular complexity index is 543. The summed E-state index contributed by atoms with van der Waals surface area (Å²) in [7, 11) is 0. The quantitative estimate of drug-likeness (QED) is 0.633. The molecule has 0 spiro atoms. The molecule has 1 aromatic rings. The van der Waals surface area contributed by atoms with Gasteiger partial charge in [0.2, 0.25) is 0 Å². The van der Waals surface area contributed by atoms with Gasteiger partial charge in [0.15, 0.2) is 0 Å². The van der Waals surface area contributed by atoms with Crippen molar-refractivity contribution >= 4 is 23.4 Å². The van der Waals surface area contributed by atoms with E-state index in [9.17, 15) is 15.0 Å². The molecule has 0 aliphatic carbocycles. The molecule has 1 aromatic carbocycles. The normalized spacial score (nSPS) is 14.3. The highest BCUT2D eigenvalue weighted by Crippen LogP contribution is 2.29. The number of hydrogen-bond acceptors (Lipinski definition) is 5. The smallest absolute Gasteiger partial charge is 0.407 e. The van der Waals surface area contributed by atoms with E-state index in [2.05, 4.69) is 5.32 Å². The van der Waals surface area contributed by atoms with Gasteiger partial charge in [0, 0.05) is 22.8 Å². The highest BCUT2D eigenvalue weighted by molar-refractivity contribution is 6.31. The van der Waals surface area contributed by atoms with E-state index < -0.39 is 23.9 Å². The Morgan fingerprint density at radius 3 is 2.55 bits per heavy atom. The monoisotopic (exact) mass is 330 g/mol. The molecule has 5 N–H and O–H groups in total. The van der Waals surface area contributed by atoms with Crippen LogP contribution in [-0.2, 0) is 4.74 Å². The van der Waals surface area contributed by atoms with E-state index in [4.69, 9.17) is 22.1 Å². The maximum atomic E-state index is 11.5. The van der Waals surface area contributed by atoms with Crippen LogP contribution >= 0.6 is 11.6 Å². The highest BCUT2D eigenvalue weighted by Gasteiger charge is 2.23. The van der Waals surface area contributed by atoms with Gasteiger partial charge in [0.25, 0.3) is 0 Å². The molecule has 22 heavy (non-hydrogen) atoms. The zero-order valence-corrected chi connectivity index (χ0v) is 13.9. The Kier molecular flexibility index (Phi) is 6.05. The topological polar surface area (TPSA) is 105 Å². The Balaban J connectivity index is 2.68. The van der Waals surface area contributed by atoms with Gasteiger partial charge in [-0.15, -0.1) is 0 Å². The standard InChI is InChI=1S/C15H23ClN2O4/c1-8-5-9(10(16)6-11(8)17)13(20)12(19)7-18-14(21)22-15(2,3)4/h5-6,12-13,19-20H,7,17H2,1-4H3,(H,18,21). The second kappa shape index (κ2) is 7.17. The fourth-order valence-corrected chi connectivity index (χ4v) is 2.05. The fourth-order valence-electron chi connectivity index (χ4n) is 1.77. The van der Waals surface area contributed by atoms with E-state index in [0.29, 0.717) is 11.3 Å². The maximum absolute atomic E-state index is 11.5. The number of rotatable bonds is 4. The van der Waals surface area contributed by atoms with Crippen LogP contribution in [0.25, 0.3) is 0 Å². The average Bonchev–Trinajstić information content (AvgIpc) is 2.37. The number of aryl methyl sites for hydroxylation is 1. The lowest BCUT2D eigenvalue weighted by molar-refractivity contribution is 0.0130. The summed E-state index contributed by atoms with van der Waals surface area (Å²) < 4.78 is 5.05. The van der Waals surface area contributed by atoms with Crippen LogP contribution in [0, 0.1) is 6.92 Å². The zero-order chi connectivity index (χ0) is 17.1. The number of nitrogens with two attached hydrogens (primary N) is 1. The molecule has 0 fully saturated rings. The van der Waals surface area contributed by atoms with Gasteiger partial charge in [0.1, 0.15) is 17.8 Å². The van der Waals surface area contributed by atoms with Crippen molar-refractivity contribution in [2.75, 3.05) is 12.3 Å². The first-order valence-corrected chi connectivity index (χ1v) is 7.27. The number of carbonyl (C=O) groups is 1. The summed E-state index contributed by atoms with van der Waals surface area (Å²) in [5, 5.41) is 22.8. The van der Waals surface area contributed by atoms with E-state index >= 15 is 0 Å². The van der Waals surface area contributed by atoms with Crippen LogP contribution in [0.15, 0.2) is 12.1 Å². The number of halogens is 1. The molecule has 1 rings (SSSR count). The van der Waals surface area contributed by atoms with Crippen LogP contribution in [0.4, 0.5) is 10.5 Å². The molecule has 0 aromatic heterocycles. The third kappa shape index (κ3) is 5.36. The first-order valence-electron chi connectivity index (χ1n) is 6.89. The molecular weight excluding hydrogens is 308 g/mol. The summed E-state index contributed by atoms with van der Waals surface area (Å²) in [5.74, 6) is 0. The van der Waals surface area contributed by atoms with E-state index in [1.807, 2.05) is 0 Å². The molecule has 2 unspecified atom stereocenters. The van der Waals surface area contributed by atoms with Crippen molar-refractivity contribution in [2.24, 2.45) is 0 Å². The van der Waals surface area contributed by atoms with Gasteiger partial charge < -0.3 is 26.0 Å². The van der Waals surface area contributed by atoms with Crippen molar-refractivity contribution < 1.29 is 19.7 Å². The number of ether oxygens (including phenoxy) is 1. The lowest BCUT2D eigenvalue weighted by atomic mass is 10.0. The second-order valence-corrected chi connectivity index (χ2v) is 6.53. The molecule has 0 heterocycles. The molecular formula is C15H23ClN2O4. The molecule has 6 nitrogen and oxygen atoms in total. The van der Waals surface area contributed by atoms with Gasteiger partial charge in [-0.2, -0.15) is 0 Å². The molecule has 0 radical (unpaired) electrons. The molecule has 0 saturated heterocycles. The lowest BCUT2D eigenvalue weighted by Gasteiger charge is -2.23. The van der Waals surface area contributed by atoms with E-state index in [1.165, 1.54) is 6.07 Å². The molecule has 2 atom stereocenters. The van der Waals surface area contributed by atoms with E-state index in [0.717, 1.165) is 5.56 Å². The van der Waals surface area contributed by atoms with Gasteiger partial charge in [-0.1, -0.05) is 11.6 Å². The summed E-state index contributed by atoms with van der Waals surface area (Å²) in [5.41, 5.74) is 6.68. The number of amides is 1. The van der Waals surface area contributed by atoms with Gasteiger partial charge >= 0.3 is 6.09 Å². The number of nitrogen functional groups attached to an aromatic ring is 1. The number of hydrogen-bond donors (Lipinski definition) is 4. The number of aliphatic hydroxyl groups is 2. The van der Waals surface area contributed by atoms with E-state index in [-0.39, 0.29) is 11.6 Å². The van der Waals surface area contributed by atoms with Crippen LogP contribution in [0.2, 0.25) is 5.02 Å². The van der Waals surface area contributed by atoms with Crippen molar-refractivity contribution in [2.45, 2.75) is 45.5 Å². The largest absolute Gasteiger partial charge is 0.444 e. The van der Waals surface area contributed by atoms with Crippen molar-refractivity contribution in [1.29, 1.82) is 0 Å². The highest BCUT2D eigenvalue weighted by atomic mass is 35.5. The molecule has 0 aliphatic rings. The van der Waals surface area contributed by atoms with Crippen molar-refractivity contribution in [3.63, 3.8) is 0 Å². The van der Waals surface area contributed by atoms with Gasteiger partial charge in [-0.05, 0) is 45.4 Å². The van der Waals surface area contributed by atoms with Gasteiger partial charge in [-0.3, -0.25) is 0 Å². The number of alkyl carbamates (subject to hydrolysis) is 1. The number of carbonyl (C=O) groups excluding carboxylic acids is 1. The Labute approximate surface area is 135 Å². The third-order valence-electron chi connectivity index (χ3n) is 2.92. The number of benzene rings is 1. The lowest BCUT2D eigenvalue weighted by Crippen LogP contribution is -2.38. The Morgan fingerprint density at radius 1 is 1.41 bits per heavy atom. The number of anilines is 1. The summed E-state index contributed by atoms with van der Waals surface area (Å²) in [6, 6.07) is 3.13. The minimum Gasteiger partial charge on any atom is -0.444 e. The van der Waals surface area contributed by atoms with Gasteiger partial charge in [-0.25, -0.2) is 4.79 Å². The summed E-state index contributed by atoms with van der Waals surface area (Å²) in [6.07, 6.45) is -3.15. The van der Waals surface area contributed by atoms with Crippen LogP contribution in [0.5, 0.6) is 0 Å². The van der Waals surface area contributed by atoms with E-state index in [1.54, 1.807) is 33.8 Å². The van der Waals surface area contributed by atoms with Crippen molar-refractivity contribution in [1.82, 2.24) is 5.32 Å². The molecule has 7 heteroatoms. The first kappa shape index (κ1) is 18.5. The minimum atomic E-state index is -1.25. The number of aliphatic hydroxyl groups excluding tert-OH is 2. The molecule has 124 valence electrons. The van der Waals surface area contributed by atoms with Crippen LogP contribution < -0.4 is 11.1 Å². The molecule has 0 bridgehead atoms. The molecule has 1 amide bonds. The number of nitrogens with one attached hydrogen (secondary N) is 1. The zero-order valence-electron chi connectivity index (χ0n) is 13.2. The maximum Gasteiger partial charge on any atom is 0.407 e. The Morgan fingerprint density at radius 2 is 2.00 bits per heavy atom. The Hall–Kier alpha value is -1.50. The SMILES string of the molecule is Cc1cc(C(O)C(O)CNC(=O)OC(C)(C)C)c(Cl)cc1N. The van der Waals surface area contributed by atoms with Crippen LogP contribution in [0.3, 0.4) is 0 Å². The van der Waals surface area contributed by atoms with Crippen LogP contribution in [-0.4, -0.2) is 34.6 Å². The first-order chi connectivity index (χ1) is 10.0. The van der Waals surface area contributed by atoms with Crippen molar-refractivity contribution in [3.8, 4) is 0 Å². The minimum absolute atomic E-state index is 0.171. The average molecular weight is 331 g/mol. The van der Waals surface area contributed by atoms with Crippen LogP contribution in [0.1, 0.15) is 38.0 Å². The van der Waals surface area contributed by atoms with Gasteiger partial charge in [0.05, 0.1) is 0 Å². The second-order valence-electron chi connectivity index (χ2n) is 6.13. The summed E-state index contributed by atoms with van der Waals surface area (Å²) >= 11 is 6.03. The predicted molar refractivity (Wildman–Crippen MR) is 85.8 cm³/mol.